The lowest BCUT2D eigenvalue weighted by Gasteiger charge is -2.60. The molecule has 4 aliphatic carbocycles. The summed E-state index contributed by atoms with van der Waals surface area (Å²) in [6.45, 7) is 6.59. The van der Waals surface area contributed by atoms with E-state index >= 15 is 0 Å². The fourth-order valence-electron chi connectivity index (χ4n) is 8.27. The van der Waals surface area contributed by atoms with Crippen LogP contribution in [0.25, 0.3) is 5.57 Å². The number of ether oxygens (including phenoxy) is 2. The summed E-state index contributed by atoms with van der Waals surface area (Å²) in [4.78, 5) is 11.7. The van der Waals surface area contributed by atoms with E-state index in [0.29, 0.717) is 5.41 Å². The molecule has 0 spiro atoms. The summed E-state index contributed by atoms with van der Waals surface area (Å²) in [6, 6.07) is 8.61. The van der Waals surface area contributed by atoms with E-state index < -0.39 is 0 Å². The van der Waals surface area contributed by atoms with E-state index in [9.17, 15) is 4.79 Å². The number of carbonyl (C=O) groups excluding carboxylic acids is 1. The number of fused-ring (bicyclic) bond motifs is 5. The topological polar surface area (TPSA) is 35.5 Å². The number of benzene rings is 1. The van der Waals surface area contributed by atoms with Crippen LogP contribution in [0.15, 0.2) is 30.3 Å². The first-order valence-electron chi connectivity index (χ1n) is 12.4. The van der Waals surface area contributed by atoms with Crippen LogP contribution in [0, 0.1) is 34.5 Å². The zero-order valence-corrected chi connectivity index (χ0v) is 19.7. The Labute approximate surface area is 187 Å². The number of methoxy groups -OCH3 is 1. The quantitative estimate of drug-likeness (QED) is 0.511. The molecule has 1 aromatic rings. The van der Waals surface area contributed by atoms with Crippen LogP contribution >= 0.6 is 0 Å². The normalized spacial score (nSPS) is 41.4. The molecule has 7 atom stereocenters. The first-order valence-corrected chi connectivity index (χ1v) is 12.4. The Morgan fingerprint density at radius 2 is 1.71 bits per heavy atom. The highest BCUT2D eigenvalue weighted by Gasteiger charge is 2.60. The molecule has 3 nitrogen and oxygen atoms in total. The second-order valence-electron chi connectivity index (χ2n) is 11.2. The van der Waals surface area contributed by atoms with Crippen molar-refractivity contribution in [3.8, 4) is 5.75 Å². The van der Waals surface area contributed by atoms with E-state index in [1.165, 1.54) is 56.1 Å². The maximum absolute atomic E-state index is 11.7. The smallest absolute Gasteiger partial charge is 0.302 e. The van der Waals surface area contributed by atoms with Gasteiger partial charge in [-0.15, -0.1) is 0 Å². The van der Waals surface area contributed by atoms with Gasteiger partial charge in [-0.25, -0.2) is 0 Å². The Hall–Kier alpha value is -1.77. The summed E-state index contributed by atoms with van der Waals surface area (Å²) < 4.78 is 11.2. The van der Waals surface area contributed by atoms with Gasteiger partial charge in [0.25, 0.3) is 0 Å². The van der Waals surface area contributed by atoms with Crippen molar-refractivity contribution in [2.24, 2.45) is 34.5 Å². The molecular formula is C28H38O3. The summed E-state index contributed by atoms with van der Waals surface area (Å²) in [5.41, 5.74) is 3.50. The zero-order valence-electron chi connectivity index (χ0n) is 19.7. The molecule has 0 unspecified atom stereocenters. The van der Waals surface area contributed by atoms with Gasteiger partial charge in [-0.05, 0) is 104 Å². The van der Waals surface area contributed by atoms with E-state index in [0.717, 1.165) is 35.8 Å². The standard InChI is InChI=1S/C28H38O3/c1-18(29)31-26-12-11-24-23-10-7-21-17-20(19-5-8-22(30-4)9-6-19)13-15-27(21,2)25(23)14-16-28(24,26)3/h5-6,8-9,13,21,23-26H,7,10-12,14-17H2,1-4H3/t21-,23-,24-,25+,26-,27-,28-/m0/s1. The Morgan fingerprint density at radius 3 is 2.42 bits per heavy atom. The second-order valence-corrected chi connectivity index (χ2v) is 11.2. The largest absolute Gasteiger partial charge is 0.497 e. The highest BCUT2D eigenvalue weighted by molar-refractivity contribution is 5.67. The van der Waals surface area contributed by atoms with E-state index in [-0.39, 0.29) is 17.5 Å². The molecular weight excluding hydrogens is 384 g/mol. The third-order valence-corrected chi connectivity index (χ3v) is 10.0. The lowest BCUT2D eigenvalue weighted by molar-refractivity contribution is -0.159. The monoisotopic (exact) mass is 422 g/mol. The van der Waals surface area contributed by atoms with Crippen LogP contribution in [0.4, 0.5) is 0 Å². The summed E-state index contributed by atoms with van der Waals surface area (Å²) in [6.07, 6.45) is 12.6. The molecule has 0 N–H and O–H groups in total. The number of rotatable bonds is 3. The molecule has 168 valence electrons. The predicted octanol–water partition coefficient (Wildman–Crippen LogP) is 6.66. The molecule has 1 aromatic carbocycles. The number of allylic oxidation sites excluding steroid dienone is 2. The second kappa shape index (κ2) is 7.67. The van der Waals surface area contributed by atoms with Gasteiger partial charge in [0.05, 0.1) is 7.11 Å². The highest BCUT2D eigenvalue weighted by atomic mass is 16.5. The average molecular weight is 423 g/mol. The van der Waals surface area contributed by atoms with Crippen molar-refractivity contribution in [2.75, 3.05) is 7.11 Å². The number of esters is 1. The van der Waals surface area contributed by atoms with Crippen molar-refractivity contribution >= 4 is 11.5 Å². The first kappa shape index (κ1) is 21.1. The van der Waals surface area contributed by atoms with Crippen LogP contribution in [-0.4, -0.2) is 19.2 Å². The Bertz CT molecular complexity index is 871. The van der Waals surface area contributed by atoms with Gasteiger partial charge in [-0.3, -0.25) is 4.79 Å². The van der Waals surface area contributed by atoms with E-state index in [4.69, 9.17) is 9.47 Å². The van der Waals surface area contributed by atoms with Crippen molar-refractivity contribution in [3.05, 3.63) is 35.9 Å². The van der Waals surface area contributed by atoms with Crippen molar-refractivity contribution in [2.45, 2.75) is 78.2 Å². The molecule has 0 bridgehead atoms. The van der Waals surface area contributed by atoms with Crippen LogP contribution in [0.1, 0.15) is 77.7 Å². The third-order valence-electron chi connectivity index (χ3n) is 10.0. The molecule has 5 rings (SSSR count). The van der Waals surface area contributed by atoms with Crippen LogP contribution in [0.5, 0.6) is 5.75 Å². The third kappa shape index (κ3) is 3.34. The van der Waals surface area contributed by atoms with Gasteiger partial charge in [0.1, 0.15) is 11.9 Å². The molecule has 3 heteroatoms. The minimum atomic E-state index is -0.104. The summed E-state index contributed by atoms with van der Waals surface area (Å²) in [5, 5.41) is 0. The lowest BCUT2D eigenvalue weighted by Crippen LogP contribution is -2.53. The molecule has 3 saturated carbocycles. The van der Waals surface area contributed by atoms with Gasteiger partial charge in [-0.2, -0.15) is 0 Å². The number of carbonyl (C=O) groups is 1. The lowest BCUT2D eigenvalue weighted by atomic mass is 9.45. The number of hydrogen-bond donors (Lipinski definition) is 0. The zero-order chi connectivity index (χ0) is 21.8. The van der Waals surface area contributed by atoms with Gasteiger partial charge >= 0.3 is 5.97 Å². The average Bonchev–Trinajstić information content (AvgIpc) is 3.09. The molecule has 0 aliphatic heterocycles. The summed E-state index contributed by atoms with van der Waals surface area (Å²) in [7, 11) is 1.73. The molecule has 0 saturated heterocycles. The van der Waals surface area contributed by atoms with Crippen LogP contribution in [0.2, 0.25) is 0 Å². The molecule has 0 heterocycles. The Morgan fingerprint density at radius 1 is 0.968 bits per heavy atom. The van der Waals surface area contributed by atoms with Crippen LogP contribution in [0.3, 0.4) is 0 Å². The van der Waals surface area contributed by atoms with Crippen LogP contribution in [-0.2, 0) is 9.53 Å². The Balaban J connectivity index is 1.36. The molecule has 3 fully saturated rings. The van der Waals surface area contributed by atoms with Gasteiger partial charge in [0.2, 0.25) is 0 Å². The molecule has 0 amide bonds. The van der Waals surface area contributed by atoms with Gasteiger partial charge in [0, 0.05) is 12.3 Å². The fourth-order valence-corrected chi connectivity index (χ4v) is 8.27. The van der Waals surface area contributed by atoms with E-state index in [1.807, 2.05) is 0 Å². The SMILES string of the molecule is COc1ccc(C2=CC[C@@]3(C)[C@@H](CC[C@@H]4[C@H]3CC[C@]3(C)[C@@H](OC(C)=O)CC[C@@H]43)C2)cc1. The van der Waals surface area contributed by atoms with Gasteiger partial charge in [-0.1, -0.05) is 32.1 Å². The summed E-state index contributed by atoms with van der Waals surface area (Å²) in [5.74, 6) is 3.95. The van der Waals surface area contributed by atoms with E-state index in [2.05, 4.69) is 44.2 Å². The maximum atomic E-state index is 11.7. The molecule has 31 heavy (non-hydrogen) atoms. The maximum Gasteiger partial charge on any atom is 0.302 e. The molecule has 0 aromatic heterocycles. The van der Waals surface area contributed by atoms with Gasteiger partial charge < -0.3 is 9.47 Å². The highest BCUT2D eigenvalue weighted by Crippen LogP contribution is 2.66. The molecule has 4 aliphatic rings. The van der Waals surface area contributed by atoms with Crippen molar-refractivity contribution < 1.29 is 14.3 Å². The van der Waals surface area contributed by atoms with Gasteiger partial charge in [0.15, 0.2) is 0 Å². The molecule has 0 radical (unpaired) electrons. The minimum Gasteiger partial charge on any atom is -0.497 e. The fraction of sp³-hybridized carbons (Fsp3) is 0.679. The van der Waals surface area contributed by atoms with Crippen molar-refractivity contribution in [1.82, 2.24) is 0 Å². The van der Waals surface area contributed by atoms with Crippen LogP contribution < -0.4 is 4.74 Å². The summed E-state index contributed by atoms with van der Waals surface area (Å²) >= 11 is 0. The minimum absolute atomic E-state index is 0.104. The number of hydrogen-bond acceptors (Lipinski definition) is 3. The van der Waals surface area contributed by atoms with Crippen molar-refractivity contribution in [1.29, 1.82) is 0 Å². The predicted molar refractivity (Wildman–Crippen MR) is 124 cm³/mol. The van der Waals surface area contributed by atoms with Crippen molar-refractivity contribution in [3.63, 3.8) is 0 Å². The first-order chi connectivity index (χ1) is 14.8. The van der Waals surface area contributed by atoms with E-state index in [1.54, 1.807) is 14.0 Å². The Kier molecular flexibility index (Phi) is 5.22.